The zero-order valence-electron chi connectivity index (χ0n) is 28.2. The normalized spacial score (nSPS) is 15.2. The van der Waals surface area contributed by atoms with Gasteiger partial charge in [-0.25, -0.2) is 9.59 Å². The number of carbonyl (C=O) groups is 5. The molecule has 1 aliphatic heterocycles. The van der Waals surface area contributed by atoms with Crippen LogP contribution in [0.5, 0.6) is 0 Å². The lowest BCUT2D eigenvalue weighted by atomic mass is 9.92. The van der Waals surface area contributed by atoms with Gasteiger partial charge < -0.3 is 36.4 Å². The number of carbonyl (C=O) groups excluding carboxylic acids is 3. The van der Waals surface area contributed by atoms with Crippen LogP contribution in [0.1, 0.15) is 57.7 Å². The van der Waals surface area contributed by atoms with Gasteiger partial charge in [-0.15, -0.1) is 0 Å². The molecule has 0 fully saturated rings. The minimum atomic E-state index is -1.37. The van der Waals surface area contributed by atoms with Gasteiger partial charge in [-0.2, -0.15) is 11.8 Å². The van der Waals surface area contributed by atoms with Crippen LogP contribution in [0.15, 0.2) is 54.5 Å². The summed E-state index contributed by atoms with van der Waals surface area (Å²) in [5.41, 5.74) is 1.07. The summed E-state index contributed by atoms with van der Waals surface area (Å²) < 4.78 is 0. The van der Waals surface area contributed by atoms with Crippen molar-refractivity contribution >= 4 is 58.5 Å². The van der Waals surface area contributed by atoms with E-state index in [1.807, 2.05) is 20.8 Å². The van der Waals surface area contributed by atoms with Crippen molar-refractivity contribution < 1.29 is 44.0 Å². The van der Waals surface area contributed by atoms with E-state index in [-0.39, 0.29) is 47.8 Å². The van der Waals surface area contributed by atoms with Crippen LogP contribution in [-0.2, 0) is 30.5 Å². The minimum Gasteiger partial charge on any atom is -0.480 e. The average molecular weight is 730 g/mol. The van der Waals surface area contributed by atoms with Crippen LogP contribution in [0.25, 0.3) is 0 Å². The van der Waals surface area contributed by atoms with Gasteiger partial charge in [-0.05, 0) is 53.0 Å². The van der Waals surface area contributed by atoms with Crippen LogP contribution in [0.2, 0.25) is 0 Å². The Morgan fingerprint density at radius 2 is 1.57 bits per heavy atom. The Balaban J connectivity index is 1.70. The van der Waals surface area contributed by atoms with Crippen LogP contribution < -0.4 is 21.3 Å². The van der Waals surface area contributed by atoms with Crippen LogP contribution in [0.3, 0.4) is 0 Å². The van der Waals surface area contributed by atoms with Crippen molar-refractivity contribution in [1.29, 1.82) is 0 Å². The van der Waals surface area contributed by atoms with Crippen molar-refractivity contribution in [1.82, 2.24) is 15.5 Å². The van der Waals surface area contributed by atoms with E-state index in [1.165, 1.54) is 48.2 Å². The average Bonchev–Trinajstić information content (AvgIpc) is 3.40. The molecule has 0 bridgehead atoms. The van der Waals surface area contributed by atoms with Crippen LogP contribution >= 0.6 is 11.8 Å². The first-order chi connectivity index (χ1) is 23.8. The van der Waals surface area contributed by atoms with Crippen molar-refractivity contribution in [3.63, 3.8) is 0 Å². The highest BCUT2D eigenvalue weighted by molar-refractivity contribution is 7.99. The lowest BCUT2D eigenvalue weighted by Gasteiger charge is -2.25. The first-order valence-corrected chi connectivity index (χ1v) is 16.7. The molecule has 18 nitrogen and oxygen atoms in total. The summed E-state index contributed by atoms with van der Waals surface area (Å²) in [6.45, 7) is 6.75. The Labute approximate surface area is 296 Å². The van der Waals surface area contributed by atoms with Crippen LogP contribution in [-0.4, -0.2) is 78.2 Å². The standard InChI is InChI=1S/C32H39N7O11S/c1-18(40)37-15-19-13-21(34-26(16-38(47)48)33-20-5-8-22(9-6-20)39(49)50)7-10-23(19)28(37)29(42)36-24(30(43)44)11-12-51-17-25(31(45)46)35-27(41)14-32(2,3)4/h5-10,13,16,24-25,28,33-34H,11-12,14-15,17H2,1-4H3,(H,35,41)(H,36,42)(H,43,44)(H,45,46)/b26-16+. The largest absolute Gasteiger partial charge is 0.480 e. The van der Waals surface area contributed by atoms with E-state index in [1.54, 1.807) is 6.07 Å². The molecule has 0 saturated heterocycles. The van der Waals surface area contributed by atoms with Crippen molar-refractivity contribution in [3.05, 3.63) is 85.8 Å². The maximum atomic E-state index is 13.5. The number of rotatable bonds is 17. The number of carboxylic acids is 2. The molecule has 0 saturated carbocycles. The molecular weight excluding hydrogens is 690 g/mol. The molecule has 2 aromatic rings. The number of aliphatic carboxylic acids is 2. The zero-order chi connectivity index (χ0) is 38.0. The third-order valence-corrected chi connectivity index (χ3v) is 8.48. The van der Waals surface area contributed by atoms with E-state index in [9.17, 15) is 54.4 Å². The molecule has 274 valence electrons. The van der Waals surface area contributed by atoms with Gasteiger partial charge in [0, 0.05) is 49.1 Å². The number of nitrogens with one attached hydrogen (secondary N) is 4. The maximum absolute atomic E-state index is 13.5. The summed E-state index contributed by atoms with van der Waals surface area (Å²) in [5, 5.41) is 52.2. The van der Waals surface area contributed by atoms with Gasteiger partial charge in [-0.1, -0.05) is 26.8 Å². The second-order valence-corrected chi connectivity index (χ2v) is 14.0. The lowest BCUT2D eigenvalue weighted by Crippen LogP contribution is -2.47. The molecule has 3 atom stereocenters. The number of fused-ring (bicyclic) bond motifs is 1. The van der Waals surface area contributed by atoms with Gasteiger partial charge in [0.1, 0.15) is 18.1 Å². The number of nitro groups is 2. The first-order valence-electron chi connectivity index (χ1n) is 15.5. The van der Waals surface area contributed by atoms with Gasteiger partial charge in [0.25, 0.3) is 11.9 Å². The summed E-state index contributed by atoms with van der Waals surface area (Å²) in [4.78, 5) is 84.3. The van der Waals surface area contributed by atoms with E-state index in [0.29, 0.717) is 28.7 Å². The molecule has 3 rings (SSSR count). The van der Waals surface area contributed by atoms with Crippen molar-refractivity contribution in [2.75, 3.05) is 22.1 Å². The highest BCUT2D eigenvalue weighted by Crippen LogP contribution is 2.36. The quantitative estimate of drug-likeness (QED) is 0.0776. The number of amides is 3. The monoisotopic (exact) mass is 729 g/mol. The fourth-order valence-corrected chi connectivity index (χ4v) is 6.13. The summed E-state index contributed by atoms with van der Waals surface area (Å²) in [6, 6.07) is 6.07. The summed E-state index contributed by atoms with van der Waals surface area (Å²) >= 11 is 1.10. The molecule has 6 N–H and O–H groups in total. The Morgan fingerprint density at radius 3 is 2.12 bits per heavy atom. The van der Waals surface area contributed by atoms with Gasteiger partial charge in [0.2, 0.25) is 17.7 Å². The predicted molar refractivity (Wildman–Crippen MR) is 186 cm³/mol. The number of carboxylic acid groups (broad SMARTS) is 2. The molecule has 0 aromatic heterocycles. The smallest absolute Gasteiger partial charge is 0.327 e. The van der Waals surface area contributed by atoms with E-state index in [2.05, 4.69) is 21.3 Å². The molecule has 1 heterocycles. The highest BCUT2D eigenvalue weighted by Gasteiger charge is 2.39. The number of nitro benzene ring substituents is 1. The molecule has 19 heteroatoms. The van der Waals surface area contributed by atoms with Crippen molar-refractivity contribution in [2.24, 2.45) is 5.41 Å². The Morgan fingerprint density at radius 1 is 0.961 bits per heavy atom. The van der Waals surface area contributed by atoms with E-state index in [0.717, 1.165) is 11.8 Å². The van der Waals surface area contributed by atoms with Gasteiger partial charge in [0.05, 0.1) is 9.85 Å². The number of anilines is 2. The Kier molecular flexibility index (Phi) is 13.5. The van der Waals surface area contributed by atoms with E-state index in [4.69, 9.17) is 0 Å². The highest BCUT2D eigenvalue weighted by atomic mass is 32.2. The number of non-ortho nitro benzene ring substituents is 1. The van der Waals surface area contributed by atoms with E-state index >= 15 is 0 Å². The molecule has 0 radical (unpaired) electrons. The van der Waals surface area contributed by atoms with Gasteiger partial charge in [0.15, 0.2) is 5.82 Å². The number of thioether (sulfide) groups is 1. The van der Waals surface area contributed by atoms with Crippen LogP contribution in [0.4, 0.5) is 17.1 Å². The fraction of sp³-hybridized carbons (Fsp3) is 0.406. The van der Waals surface area contributed by atoms with Gasteiger partial charge in [-0.3, -0.25) is 34.6 Å². The van der Waals surface area contributed by atoms with E-state index < -0.39 is 57.6 Å². The zero-order valence-corrected chi connectivity index (χ0v) is 29.0. The number of benzene rings is 2. The number of hydrogen-bond acceptors (Lipinski definition) is 12. The molecule has 1 aliphatic rings. The predicted octanol–water partition coefficient (Wildman–Crippen LogP) is 3.30. The second-order valence-electron chi connectivity index (χ2n) is 12.8. The van der Waals surface area contributed by atoms with Crippen molar-refractivity contribution in [3.8, 4) is 0 Å². The maximum Gasteiger partial charge on any atom is 0.327 e. The summed E-state index contributed by atoms with van der Waals surface area (Å²) in [7, 11) is 0. The fourth-order valence-electron chi connectivity index (χ4n) is 5.10. The Hall–Kier alpha value is -5.72. The third kappa shape index (κ3) is 12.0. The lowest BCUT2D eigenvalue weighted by molar-refractivity contribution is -0.403. The summed E-state index contributed by atoms with van der Waals surface area (Å²) in [5.74, 6) is -4.20. The molecule has 3 unspecified atom stereocenters. The third-order valence-electron chi connectivity index (χ3n) is 7.39. The second kappa shape index (κ2) is 17.3. The first kappa shape index (κ1) is 39.7. The molecule has 51 heavy (non-hydrogen) atoms. The SMILES string of the molecule is CC(=O)N1Cc2cc(N/C(=C/[N+](=O)[O-])Nc3ccc([N+](=O)[O-])cc3)ccc2C1C(=O)NC(CCSCC(NC(=O)CC(C)(C)C)C(=O)O)C(=O)O. The molecular formula is C32H39N7O11S. The molecule has 2 aromatic carbocycles. The van der Waals surface area contributed by atoms with Crippen molar-refractivity contribution in [2.45, 2.75) is 65.2 Å². The Bertz CT molecular complexity index is 1710. The molecule has 0 aliphatic carbocycles. The summed E-state index contributed by atoms with van der Waals surface area (Å²) in [6.07, 6.45) is 0.695. The van der Waals surface area contributed by atoms with Gasteiger partial charge >= 0.3 is 11.9 Å². The van der Waals surface area contributed by atoms with Crippen LogP contribution in [0, 0.1) is 25.6 Å². The molecule has 0 spiro atoms. The minimum absolute atomic E-state index is 0.0204. The molecule has 3 amide bonds. The number of hydrogen-bond donors (Lipinski definition) is 6. The topological polar surface area (TPSA) is 263 Å². The number of nitrogens with zero attached hydrogens (tertiary/aromatic N) is 3.